The van der Waals surface area contributed by atoms with Crippen LogP contribution in [0.25, 0.3) is 0 Å². The number of piperidine rings is 1. The van der Waals surface area contributed by atoms with Gasteiger partial charge in [-0.25, -0.2) is 4.79 Å². The molecule has 2 aromatic carbocycles. The Morgan fingerprint density at radius 3 is 2.53 bits per heavy atom. The Labute approximate surface area is 232 Å². The lowest BCUT2D eigenvalue weighted by atomic mass is 9.76. The zero-order valence-electron chi connectivity index (χ0n) is 19.5. The zero-order chi connectivity index (χ0) is 25.4. The van der Waals surface area contributed by atoms with E-state index < -0.39 is 5.97 Å². The Hall–Kier alpha value is -2.22. The van der Waals surface area contributed by atoms with E-state index in [0.717, 1.165) is 45.3 Å². The highest BCUT2D eigenvalue weighted by Gasteiger charge is 2.36. The topological polar surface area (TPSA) is 70.5 Å². The van der Waals surface area contributed by atoms with Crippen molar-refractivity contribution in [2.45, 2.75) is 38.0 Å². The van der Waals surface area contributed by atoms with Crippen molar-refractivity contribution in [1.82, 2.24) is 9.88 Å². The van der Waals surface area contributed by atoms with Crippen molar-refractivity contribution >= 4 is 55.3 Å². The summed E-state index contributed by atoms with van der Waals surface area (Å²) in [5, 5.41) is 10.2. The Balaban J connectivity index is 1.39. The van der Waals surface area contributed by atoms with Crippen LogP contribution in [0.15, 0.2) is 57.6 Å². The molecule has 1 aliphatic heterocycles. The molecule has 1 amide bonds. The van der Waals surface area contributed by atoms with E-state index in [1.165, 1.54) is 16.7 Å². The lowest BCUT2D eigenvalue weighted by molar-refractivity contribution is -0.131. The monoisotopic (exact) mass is 630 g/mol. The predicted molar refractivity (Wildman–Crippen MR) is 147 cm³/mol. The first kappa shape index (κ1) is 25.4. The predicted octanol–water partition coefficient (Wildman–Crippen LogP) is 6.67. The van der Waals surface area contributed by atoms with Crippen molar-refractivity contribution in [1.29, 1.82) is 0 Å². The number of benzene rings is 2. The molecule has 0 spiro atoms. The molecular weight excluding hydrogens is 608 g/mol. The summed E-state index contributed by atoms with van der Waals surface area (Å²) in [6.07, 6.45) is 5.47. The van der Waals surface area contributed by atoms with Crippen LogP contribution in [0.3, 0.4) is 0 Å². The number of carboxylic acid groups (broad SMARTS) is 1. The summed E-state index contributed by atoms with van der Waals surface area (Å²) in [5.41, 5.74) is 5.61. The number of aromatic carboxylic acids is 1. The quantitative estimate of drug-likeness (QED) is 0.349. The first-order chi connectivity index (χ1) is 17.3. The van der Waals surface area contributed by atoms with Gasteiger partial charge in [0, 0.05) is 39.2 Å². The van der Waals surface area contributed by atoms with Gasteiger partial charge in [0.05, 0.1) is 17.7 Å². The van der Waals surface area contributed by atoms with Crippen molar-refractivity contribution in [3.63, 3.8) is 0 Å². The Morgan fingerprint density at radius 2 is 1.78 bits per heavy atom. The van der Waals surface area contributed by atoms with E-state index >= 15 is 0 Å². The maximum Gasteiger partial charge on any atom is 0.335 e. The molecular formula is C28H25Br2ClN2O3. The van der Waals surface area contributed by atoms with Gasteiger partial charge in [-0.2, -0.15) is 0 Å². The van der Waals surface area contributed by atoms with E-state index in [2.05, 4.69) is 44.0 Å². The van der Waals surface area contributed by atoms with Gasteiger partial charge in [-0.1, -0.05) is 45.7 Å². The number of halogens is 3. The van der Waals surface area contributed by atoms with E-state index in [4.69, 9.17) is 16.6 Å². The molecule has 0 bridgehead atoms. The van der Waals surface area contributed by atoms with Gasteiger partial charge in [-0.3, -0.25) is 9.78 Å². The average Bonchev–Trinajstić information content (AvgIpc) is 3.01. The van der Waals surface area contributed by atoms with E-state index in [9.17, 15) is 14.7 Å². The molecule has 1 fully saturated rings. The van der Waals surface area contributed by atoms with Gasteiger partial charge < -0.3 is 10.0 Å². The number of hydrogen-bond donors (Lipinski definition) is 1. The number of fused-ring (bicyclic) bond motifs is 2. The molecule has 0 saturated carbocycles. The highest BCUT2D eigenvalue weighted by molar-refractivity contribution is 9.10. The molecule has 1 N–H and O–H groups in total. The van der Waals surface area contributed by atoms with E-state index in [1.807, 2.05) is 17.2 Å². The van der Waals surface area contributed by atoms with Crippen LogP contribution in [0.4, 0.5) is 0 Å². The summed E-state index contributed by atoms with van der Waals surface area (Å²) in [6, 6.07) is 13.0. The largest absolute Gasteiger partial charge is 0.478 e. The van der Waals surface area contributed by atoms with Crippen LogP contribution in [0, 0.1) is 5.92 Å². The minimum absolute atomic E-state index is 0.0289. The van der Waals surface area contributed by atoms with E-state index in [1.54, 1.807) is 24.3 Å². The minimum Gasteiger partial charge on any atom is -0.478 e. The molecule has 1 atom stereocenters. The molecule has 1 aliphatic carbocycles. The Bertz CT molecular complexity index is 1340. The number of hydrogen-bond acceptors (Lipinski definition) is 3. The lowest BCUT2D eigenvalue weighted by Gasteiger charge is -2.37. The Morgan fingerprint density at radius 1 is 1.06 bits per heavy atom. The van der Waals surface area contributed by atoms with Gasteiger partial charge in [0.1, 0.15) is 0 Å². The van der Waals surface area contributed by atoms with Gasteiger partial charge in [-0.15, -0.1) is 0 Å². The summed E-state index contributed by atoms with van der Waals surface area (Å²) in [7, 11) is 0. The summed E-state index contributed by atoms with van der Waals surface area (Å²) in [6.45, 7) is 1.28. The molecule has 36 heavy (non-hydrogen) atoms. The average molecular weight is 633 g/mol. The van der Waals surface area contributed by atoms with Gasteiger partial charge in [0.2, 0.25) is 5.91 Å². The first-order valence-corrected chi connectivity index (χ1v) is 14.0. The van der Waals surface area contributed by atoms with Gasteiger partial charge in [0.25, 0.3) is 0 Å². The zero-order valence-corrected chi connectivity index (χ0v) is 23.4. The fraction of sp³-hybridized carbons (Fsp3) is 0.321. The van der Waals surface area contributed by atoms with Crippen LogP contribution in [-0.2, 0) is 24.1 Å². The molecule has 5 rings (SSSR count). The normalized spacial score (nSPS) is 17.8. The number of carbonyl (C=O) groups excluding carboxylic acids is 1. The van der Waals surface area contributed by atoms with Crippen molar-refractivity contribution in [3.05, 3.63) is 96.1 Å². The smallest absolute Gasteiger partial charge is 0.335 e. The second-order valence-electron chi connectivity index (χ2n) is 9.49. The highest BCUT2D eigenvalue weighted by Crippen LogP contribution is 2.46. The van der Waals surface area contributed by atoms with Crippen LogP contribution in [0.1, 0.15) is 57.1 Å². The highest BCUT2D eigenvalue weighted by atomic mass is 79.9. The number of nitrogens with zero attached hydrogens (tertiary/aromatic N) is 2. The number of carbonyl (C=O) groups is 2. The fourth-order valence-corrected chi connectivity index (χ4v) is 7.17. The number of aryl methyl sites for hydroxylation is 2. The number of carboxylic acids is 1. The molecule has 5 nitrogen and oxygen atoms in total. The second-order valence-corrected chi connectivity index (χ2v) is 11.7. The van der Waals surface area contributed by atoms with E-state index in [0.29, 0.717) is 24.6 Å². The molecule has 3 aromatic rings. The lowest BCUT2D eigenvalue weighted by Crippen LogP contribution is -2.41. The molecule has 0 unspecified atom stereocenters. The summed E-state index contributed by atoms with van der Waals surface area (Å²) in [4.78, 5) is 31.4. The van der Waals surface area contributed by atoms with Crippen molar-refractivity contribution < 1.29 is 14.7 Å². The SMILES string of the molecule is O=C(O)c1ccccc1CC(=O)N1CCC([C@H]2c3ncc(Br)cc3CCc3cc(Cl)cc(Br)c32)CC1. The van der Waals surface area contributed by atoms with Crippen LogP contribution in [0.2, 0.25) is 5.02 Å². The van der Waals surface area contributed by atoms with Crippen LogP contribution in [-0.4, -0.2) is 40.0 Å². The first-order valence-electron chi connectivity index (χ1n) is 12.0. The van der Waals surface area contributed by atoms with Gasteiger partial charge in [0.15, 0.2) is 0 Å². The molecule has 0 radical (unpaired) electrons. The van der Waals surface area contributed by atoms with Crippen molar-refractivity contribution in [2.24, 2.45) is 5.92 Å². The standard InChI is InChI=1S/C28H25Br2ClN2O3/c29-20-11-19-6-5-18-12-21(31)14-23(30)25(18)26(27(19)32-15-20)16-7-9-33(10-8-16)24(34)13-17-3-1-2-4-22(17)28(35)36/h1-4,11-12,14-16,26H,5-10,13H2,(H,35,36)/t26-/m1/s1. The van der Waals surface area contributed by atoms with E-state index in [-0.39, 0.29) is 23.8 Å². The van der Waals surface area contributed by atoms with Crippen molar-refractivity contribution in [3.8, 4) is 0 Å². The van der Waals surface area contributed by atoms with Crippen LogP contribution >= 0.6 is 43.5 Å². The summed E-state index contributed by atoms with van der Waals surface area (Å²) >= 11 is 13.8. The Kier molecular flexibility index (Phi) is 7.52. The number of pyridine rings is 1. The minimum atomic E-state index is -1.01. The molecule has 1 saturated heterocycles. The van der Waals surface area contributed by atoms with Crippen molar-refractivity contribution in [2.75, 3.05) is 13.1 Å². The molecule has 2 heterocycles. The second kappa shape index (κ2) is 10.6. The third-order valence-electron chi connectivity index (χ3n) is 7.37. The number of amides is 1. The fourth-order valence-electron chi connectivity index (χ4n) is 5.67. The third-order valence-corrected chi connectivity index (χ3v) is 8.68. The maximum absolute atomic E-state index is 13.1. The van der Waals surface area contributed by atoms with Crippen LogP contribution in [0.5, 0.6) is 0 Å². The number of rotatable bonds is 4. The van der Waals surface area contributed by atoms with Gasteiger partial charge in [-0.05, 0) is 94.1 Å². The number of likely N-dealkylation sites (tertiary alicyclic amines) is 1. The summed E-state index contributed by atoms with van der Waals surface area (Å²) in [5.74, 6) is -0.601. The summed E-state index contributed by atoms with van der Waals surface area (Å²) < 4.78 is 1.99. The number of aromatic nitrogens is 1. The maximum atomic E-state index is 13.1. The molecule has 1 aromatic heterocycles. The van der Waals surface area contributed by atoms with Crippen LogP contribution < -0.4 is 0 Å². The molecule has 186 valence electrons. The molecule has 2 aliphatic rings. The molecule has 8 heteroatoms. The third kappa shape index (κ3) is 5.11. The van der Waals surface area contributed by atoms with Gasteiger partial charge >= 0.3 is 5.97 Å².